The molecule has 1 amide bonds. The Kier molecular flexibility index (Phi) is 5.74. The minimum Gasteiger partial charge on any atom is -0.497 e. The zero-order valence-corrected chi connectivity index (χ0v) is 15.2. The molecule has 0 saturated heterocycles. The molecule has 0 aliphatic rings. The van der Waals surface area contributed by atoms with Crippen LogP contribution in [-0.4, -0.2) is 17.6 Å². The van der Waals surface area contributed by atoms with Crippen molar-refractivity contribution >= 4 is 5.91 Å². The summed E-state index contributed by atoms with van der Waals surface area (Å²) in [4.78, 5) is 12.5. The Morgan fingerprint density at radius 3 is 2.31 bits per heavy atom. The number of benzene rings is 2. The van der Waals surface area contributed by atoms with Crippen LogP contribution >= 0.6 is 0 Å². The Morgan fingerprint density at radius 2 is 1.69 bits per heavy atom. The maximum atomic E-state index is 12.5. The summed E-state index contributed by atoms with van der Waals surface area (Å²) in [6, 6.07) is 20.0. The highest BCUT2D eigenvalue weighted by Gasteiger charge is 2.17. The molecule has 1 atom stereocenters. The summed E-state index contributed by atoms with van der Waals surface area (Å²) in [6.07, 6.45) is 4.40. The van der Waals surface area contributed by atoms with Crippen molar-refractivity contribution in [3.63, 3.8) is 0 Å². The first-order valence-corrected chi connectivity index (χ1v) is 8.74. The Morgan fingerprint density at radius 1 is 1.04 bits per heavy atom. The van der Waals surface area contributed by atoms with Gasteiger partial charge in [-0.2, -0.15) is 0 Å². The zero-order valence-electron chi connectivity index (χ0n) is 15.2. The van der Waals surface area contributed by atoms with Gasteiger partial charge in [-0.1, -0.05) is 42.0 Å². The van der Waals surface area contributed by atoms with E-state index in [9.17, 15) is 4.79 Å². The number of aryl methyl sites for hydroxylation is 1. The van der Waals surface area contributed by atoms with Crippen molar-refractivity contribution in [2.24, 2.45) is 0 Å². The van der Waals surface area contributed by atoms with Crippen molar-refractivity contribution < 1.29 is 9.53 Å². The van der Waals surface area contributed by atoms with E-state index in [4.69, 9.17) is 4.74 Å². The van der Waals surface area contributed by atoms with Gasteiger partial charge in [0.2, 0.25) is 5.91 Å². The lowest BCUT2D eigenvalue weighted by Crippen LogP contribution is -2.26. The molecule has 3 rings (SSSR count). The number of rotatable bonds is 7. The Labute approximate surface area is 154 Å². The molecule has 0 spiro atoms. The molecule has 1 N–H and O–H groups in total. The van der Waals surface area contributed by atoms with Crippen molar-refractivity contribution in [2.75, 3.05) is 7.11 Å². The minimum atomic E-state index is -0.0125. The average molecular weight is 348 g/mol. The highest BCUT2D eigenvalue weighted by molar-refractivity contribution is 5.76. The van der Waals surface area contributed by atoms with Gasteiger partial charge in [0.05, 0.1) is 19.6 Å². The fourth-order valence-electron chi connectivity index (χ4n) is 2.93. The number of ether oxygens (including phenoxy) is 1. The molecule has 0 fully saturated rings. The lowest BCUT2D eigenvalue weighted by atomic mass is 10.0. The van der Waals surface area contributed by atoms with E-state index in [2.05, 4.69) is 41.1 Å². The molecule has 134 valence electrons. The predicted octanol–water partition coefficient (Wildman–Crippen LogP) is 4.10. The first-order chi connectivity index (χ1) is 12.7. The molecule has 0 aliphatic carbocycles. The molecule has 26 heavy (non-hydrogen) atoms. The van der Waals surface area contributed by atoms with Gasteiger partial charge in [0.15, 0.2) is 0 Å². The number of nitrogens with zero attached hydrogens (tertiary/aromatic N) is 1. The van der Waals surface area contributed by atoms with E-state index in [1.165, 1.54) is 5.56 Å². The molecule has 1 aromatic heterocycles. The summed E-state index contributed by atoms with van der Waals surface area (Å²) in [5.74, 6) is 0.840. The van der Waals surface area contributed by atoms with E-state index in [0.29, 0.717) is 13.0 Å². The molecule has 4 nitrogen and oxygen atoms in total. The van der Waals surface area contributed by atoms with Crippen LogP contribution in [-0.2, 0) is 11.3 Å². The summed E-state index contributed by atoms with van der Waals surface area (Å²) in [6.45, 7) is 2.57. The molecule has 2 aromatic carbocycles. The van der Waals surface area contributed by atoms with Gasteiger partial charge in [0, 0.05) is 18.9 Å². The number of methoxy groups -OCH3 is 1. The van der Waals surface area contributed by atoms with E-state index in [-0.39, 0.29) is 11.9 Å². The SMILES string of the molecule is COc1ccc(CNC(=O)C[C@H](c2ccc(C)cc2)n2cccc2)cc1. The smallest absolute Gasteiger partial charge is 0.222 e. The maximum absolute atomic E-state index is 12.5. The van der Waals surface area contributed by atoms with Crippen molar-refractivity contribution in [1.82, 2.24) is 9.88 Å². The third kappa shape index (κ3) is 4.54. The van der Waals surface area contributed by atoms with E-state index in [1.54, 1.807) is 7.11 Å². The van der Waals surface area contributed by atoms with Gasteiger partial charge in [-0.15, -0.1) is 0 Å². The second kappa shape index (κ2) is 8.39. The van der Waals surface area contributed by atoms with E-state index >= 15 is 0 Å². The van der Waals surface area contributed by atoms with Gasteiger partial charge in [0.1, 0.15) is 5.75 Å². The standard InChI is InChI=1S/C22H24N2O2/c1-17-5-9-19(10-6-17)21(24-13-3-4-14-24)15-22(25)23-16-18-7-11-20(26-2)12-8-18/h3-14,21H,15-16H2,1-2H3,(H,23,25)/t21-/m1/s1. The molecule has 1 heterocycles. The van der Waals surface area contributed by atoms with Crippen LogP contribution in [0.2, 0.25) is 0 Å². The molecule has 4 heteroatoms. The summed E-state index contributed by atoms with van der Waals surface area (Å²) in [5, 5.41) is 3.02. The Balaban J connectivity index is 1.66. The largest absolute Gasteiger partial charge is 0.497 e. The number of carbonyl (C=O) groups excluding carboxylic acids is 1. The average Bonchev–Trinajstić information content (AvgIpc) is 3.20. The third-order valence-corrected chi connectivity index (χ3v) is 4.48. The third-order valence-electron chi connectivity index (χ3n) is 4.48. The van der Waals surface area contributed by atoms with Crippen molar-refractivity contribution in [1.29, 1.82) is 0 Å². The van der Waals surface area contributed by atoms with Crippen molar-refractivity contribution in [2.45, 2.75) is 25.9 Å². The molecule has 0 saturated carbocycles. The van der Waals surface area contributed by atoms with Gasteiger partial charge in [-0.3, -0.25) is 4.79 Å². The molecular formula is C22H24N2O2. The van der Waals surface area contributed by atoms with Gasteiger partial charge in [-0.05, 0) is 42.3 Å². The zero-order chi connectivity index (χ0) is 18.4. The van der Waals surface area contributed by atoms with Crippen LogP contribution in [0.4, 0.5) is 0 Å². The minimum absolute atomic E-state index is 0.0125. The van der Waals surface area contributed by atoms with Gasteiger partial charge >= 0.3 is 0 Å². The van der Waals surface area contributed by atoms with E-state index in [1.807, 2.05) is 48.8 Å². The van der Waals surface area contributed by atoms with Crippen LogP contribution in [0.1, 0.15) is 29.2 Å². The van der Waals surface area contributed by atoms with Crippen LogP contribution in [0.3, 0.4) is 0 Å². The number of nitrogens with one attached hydrogen (secondary N) is 1. The topological polar surface area (TPSA) is 43.3 Å². The second-order valence-electron chi connectivity index (χ2n) is 6.39. The number of hydrogen-bond acceptors (Lipinski definition) is 2. The Bertz CT molecular complexity index is 822. The first kappa shape index (κ1) is 17.8. The first-order valence-electron chi connectivity index (χ1n) is 8.74. The molecule has 0 bridgehead atoms. The highest BCUT2D eigenvalue weighted by atomic mass is 16.5. The molecular weight excluding hydrogens is 324 g/mol. The molecule has 0 unspecified atom stereocenters. The highest BCUT2D eigenvalue weighted by Crippen LogP contribution is 2.23. The monoisotopic (exact) mass is 348 g/mol. The van der Waals surface area contributed by atoms with Crippen molar-refractivity contribution in [3.05, 3.63) is 89.7 Å². The Hall–Kier alpha value is -3.01. The number of carbonyl (C=O) groups is 1. The summed E-state index contributed by atoms with van der Waals surface area (Å²) in [5.41, 5.74) is 3.39. The van der Waals surface area contributed by atoms with Crippen LogP contribution in [0, 0.1) is 6.92 Å². The number of amides is 1. The predicted molar refractivity (Wildman–Crippen MR) is 103 cm³/mol. The normalized spacial score (nSPS) is 11.8. The summed E-state index contributed by atoms with van der Waals surface area (Å²) < 4.78 is 7.24. The van der Waals surface area contributed by atoms with Gasteiger partial charge < -0.3 is 14.6 Å². The lowest BCUT2D eigenvalue weighted by Gasteiger charge is -2.19. The van der Waals surface area contributed by atoms with Crippen LogP contribution in [0.15, 0.2) is 73.1 Å². The fourth-order valence-corrected chi connectivity index (χ4v) is 2.93. The summed E-state index contributed by atoms with van der Waals surface area (Å²) in [7, 11) is 1.64. The molecule has 0 aliphatic heterocycles. The second-order valence-corrected chi connectivity index (χ2v) is 6.39. The van der Waals surface area contributed by atoms with Crippen molar-refractivity contribution in [3.8, 4) is 5.75 Å². The van der Waals surface area contributed by atoms with Crippen LogP contribution < -0.4 is 10.1 Å². The van der Waals surface area contributed by atoms with Gasteiger partial charge in [0.25, 0.3) is 0 Å². The van der Waals surface area contributed by atoms with Gasteiger partial charge in [-0.25, -0.2) is 0 Å². The molecule has 3 aromatic rings. The number of hydrogen-bond donors (Lipinski definition) is 1. The number of aromatic nitrogens is 1. The molecule has 0 radical (unpaired) electrons. The summed E-state index contributed by atoms with van der Waals surface area (Å²) >= 11 is 0. The van der Waals surface area contributed by atoms with E-state index < -0.39 is 0 Å². The van der Waals surface area contributed by atoms with Crippen LogP contribution in [0.5, 0.6) is 5.75 Å². The fraction of sp³-hybridized carbons (Fsp3) is 0.227. The van der Waals surface area contributed by atoms with Crippen LogP contribution in [0.25, 0.3) is 0 Å². The quantitative estimate of drug-likeness (QED) is 0.698. The lowest BCUT2D eigenvalue weighted by molar-refractivity contribution is -0.121. The van der Waals surface area contributed by atoms with E-state index in [0.717, 1.165) is 16.9 Å². The maximum Gasteiger partial charge on any atom is 0.222 e.